The molecule has 142 valence electrons. The molecule has 4 aromatic heterocycles. The van der Waals surface area contributed by atoms with Crippen LogP contribution >= 0.6 is 11.3 Å². The molecule has 4 heterocycles. The lowest BCUT2D eigenvalue weighted by atomic mass is 10.1. The standard InChI is InChI=1S/C19H18N6O2S/c1-11-7-14(19(26)20-9-16-23-17(24-27-16)12-4-5-12)15-8-21-25(18(15)22-11)10-13-3-2-6-28-13/h2-3,6-8,12H,4-5,9-10H2,1H3,(H,20,26). The number of hydrogen-bond acceptors (Lipinski definition) is 7. The second-order valence-corrected chi connectivity index (χ2v) is 7.97. The van der Waals surface area contributed by atoms with Crippen molar-refractivity contribution in [2.75, 3.05) is 0 Å². The maximum absolute atomic E-state index is 12.8. The second-order valence-electron chi connectivity index (χ2n) is 6.93. The van der Waals surface area contributed by atoms with E-state index in [1.165, 1.54) is 4.88 Å². The van der Waals surface area contributed by atoms with E-state index in [1.807, 2.05) is 23.1 Å². The van der Waals surface area contributed by atoms with Gasteiger partial charge in [-0.1, -0.05) is 11.2 Å². The molecular formula is C19H18N6O2S. The lowest BCUT2D eigenvalue weighted by Gasteiger charge is -2.06. The van der Waals surface area contributed by atoms with Crippen molar-refractivity contribution in [1.29, 1.82) is 0 Å². The molecule has 8 nitrogen and oxygen atoms in total. The number of hydrogen-bond donors (Lipinski definition) is 1. The Balaban J connectivity index is 1.37. The Labute approximate surface area is 164 Å². The minimum Gasteiger partial charge on any atom is -0.343 e. The average molecular weight is 394 g/mol. The predicted octanol–water partition coefficient (Wildman–Crippen LogP) is 3.04. The Morgan fingerprint density at radius 1 is 1.39 bits per heavy atom. The molecule has 28 heavy (non-hydrogen) atoms. The highest BCUT2D eigenvalue weighted by Crippen LogP contribution is 2.38. The van der Waals surface area contributed by atoms with Crippen LogP contribution in [0.3, 0.4) is 0 Å². The molecule has 1 aliphatic rings. The molecule has 0 saturated heterocycles. The molecule has 1 aliphatic carbocycles. The first-order chi connectivity index (χ1) is 13.7. The number of carbonyl (C=O) groups excluding carboxylic acids is 1. The van der Waals surface area contributed by atoms with Crippen LogP contribution in [-0.4, -0.2) is 30.8 Å². The van der Waals surface area contributed by atoms with Crippen LogP contribution in [0.1, 0.15) is 51.4 Å². The van der Waals surface area contributed by atoms with E-state index >= 15 is 0 Å². The summed E-state index contributed by atoms with van der Waals surface area (Å²) in [6, 6.07) is 5.84. The van der Waals surface area contributed by atoms with E-state index in [0.717, 1.165) is 29.7 Å². The minimum atomic E-state index is -0.211. The number of amides is 1. The number of nitrogens with one attached hydrogen (secondary N) is 1. The monoisotopic (exact) mass is 394 g/mol. The van der Waals surface area contributed by atoms with Crippen LogP contribution in [0.4, 0.5) is 0 Å². The van der Waals surface area contributed by atoms with Crippen LogP contribution in [0.25, 0.3) is 11.0 Å². The van der Waals surface area contributed by atoms with Crippen molar-refractivity contribution in [2.45, 2.75) is 38.8 Å². The Bertz CT molecular complexity index is 1140. The van der Waals surface area contributed by atoms with Gasteiger partial charge in [-0.25, -0.2) is 9.67 Å². The maximum Gasteiger partial charge on any atom is 0.252 e. The quantitative estimate of drug-likeness (QED) is 0.540. The summed E-state index contributed by atoms with van der Waals surface area (Å²) in [5.74, 6) is 1.37. The van der Waals surface area contributed by atoms with Crippen LogP contribution in [0.2, 0.25) is 0 Å². The summed E-state index contributed by atoms with van der Waals surface area (Å²) < 4.78 is 7.05. The number of rotatable bonds is 6. The molecule has 0 aromatic carbocycles. The average Bonchev–Trinajstić information content (AvgIpc) is 3.09. The Morgan fingerprint density at radius 3 is 3.07 bits per heavy atom. The largest absolute Gasteiger partial charge is 0.343 e. The summed E-state index contributed by atoms with van der Waals surface area (Å²) in [6.45, 7) is 2.70. The number of nitrogens with zero attached hydrogens (tertiary/aromatic N) is 5. The van der Waals surface area contributed by atoms with Crippen molar-refractivity contribution >= 4 is 28.3 Å². The molecule has 0 unspecified atom stereocenters. The van der Waals surface area contributed by atoms with Gasteiger partial charge in [-0.2, -0.15) is 10.1 Å². The molecule has 1 N–H and O–H groups in total. The summed E-state index contributed by atoms with van der Waals surface area (Å²) in [5, 5.41) is 14.0. The van der Waals surface area contributed by atoms with Crippen molar-refractivity contribution in [2.24, 2.45) is 0 Å². The van der Waals surface area contributed by atoms with E-state index in [9.17, 15) is 4.79 Å². The third-order valence-electron chi connectivity index (χ3n) is 4.69. The summed E-state index contributed by atoms with van der Waals surface area (Å²) in [5.41, 5.74) is 2.01. The first kappa shape index (κ1) is 17.1. The zero-order chi connectivity index (χ0) is 19.1. The van der Waals surface area contributed by atoms with Crippen LogP contribution in [0.5, 0.6) is 0 Å². The van der Waals surface area contributed by atoms with Gasteiger partial charge in [0.05, 0.1) is 30.2 Å². The third kappa shape index (κ3) is 3.29. The molecule has 9 heteroatoms. The van der Waals surface area contributed by atoms with Gasteiger partial charge in [-0.05, 0) is 37.3 Å². The fraction of sp³-hybridized carbons (Fsp3) is 0.316. The Kier molecular flexibility index (Phi) is 4.16. The molecular weight excluding hydrogens is 376 g/mol. The molecule has 1 fully saturated rings. The van der Waals surface area contributed by atoms with Crippen LogP contribution < -0.4 is 5.32 Å². The first-order valence-corrected chi connectivity index (χ1v) is 10.0. The summed E-state index contributed by atoms with van der Waals surface area (Å²) in [6.07, 6.45) is 3.91. The fourth-order valence-corrected chi connectivity index (χ4v) is 3.81. The Morgan fingerprint density at radius 2 is 2.29 bits per heavy atom. The van der Waals surface area contributed by atoms with Gasteiger partial charge in [0.2, 0.25) is 5.89 Å². The van der Waals surface area contributed by atoms with Crippen LogP contribution in [0.15, 0.2) is 34.3 Å². The van der Waals surface area contributed by atoms with Gasteiger partial charge in [0.15, 0.2) is 11.5 Å². The molecule has 1 amide bonds. The fourth-order valence-electron chi connectivity index (χ4n) is 3.12. The lowest BCUT2D eigenvalue weighted by molar-refractivity contribution is 0.0947. The van der Waals surface area contributed by atoms with Gasteiger partial charge in [0.1, 0.15) is 0 Å². The van der Waals surface area contributed by atoms with E-state index in [2.05, 4.69) is 31.6 Å². The second kappa shape index (κ2) is 6.83. The summed E-state index contributed by atoms with van der Waals surface area (Å²) in [4.78, 5) is 22.9. The van der Waals surface area contributed by atoms with Crippen molar-refractivity contribution in [3.05, 3.63) is 57.6 Å². The molecule has 0 atom stereocenters. The minimum absolute atomic E-state index is 0.199. The van der Waals surface area contributed by atoms with Crippen molar-refractivity contribution in [3.63, 3.8) is 0 Å². The molecule has 1 saturated carbocycles. The molecule has 0 radical (unpaired) electrons. The number of carbonyl (C=O) groups is 1. The number of aromatic nitrogens is 5. The molecule has 0 spiro atoms. The van der Waals surface area contributed by atoms with Crippen molar-refractivity contribution in [1.82, 2.24) is 30.2 Å². The highest BCUT2D eigenvalue weighted by molar-refractivity contribution is 7.09. The van der Waals surface area contributed by atoms with E-state index in [4.69, 9.17) is 4.52 Å². The van der Waals surface area contributed by atoms with Crippen LogP contribution in [-0.2, 0) is 13.1 Å². The van der Waals surface area contributed by atoms with Crippen molar-refractivity contribution in [3.8, 4) is 0 Å². The first-order valence-electron chi connectivity index (χ1n) is 9.13. The Hall–Kier alpha value is -3.07. The van der Waals surface area contributed by atoms with Gasteiger partial charge in [-0.3, -0.25) is 4.79 Å². The van der Waals surface area contributed by atoms with Crippen molar-refractivity contribution < 1.29 is 9.32 Å². The molecule has 0 bridgehead atoms. The maximum atomic E-state index is 12.8. The highest BCUT2D eigenvalue weighted by atomic mass is 32.1. The van der Waals surface area contributed by atoms with Gasteiger partial charge < -0.3 is 9.84 Å². The smallest absolute Gasteiger partial charge is 0.252 e. The number of pyridine rings is 1. The van der Waals surface area contributed by atoms with Gasteiger partial charge >= 0.3 is 0 Å². The highest BCUT2D eigenvalue weighted by Gasteiger charge is 2.28. The zero-order valence-corrected chi connectivity index (χ0v) is 16.1. The lowest BCUT2D eigenvalue weighted by Crippen LogP contribution is -2.23. The zero-order valence-electron chi connectivity index (χ0n) is 15.3. The molecule has 0 aliphatic heterocycles. The van der Waals surface area contributed by atoms with Gasteiger partial charge in [0.25, 0.3) is 5.91 Å². The number of aryl methyl sites for hydroxylation is 1. The molecule has 5 rings (SSSR count). The predicted molar refractivity (Wildman–Crippen MR) is 103 cm³/mol. The summed E-state index contributed by atoms with van der Waals surface area (Å²) >= 11 is 1.67. The van der Waals surface area contributed by atoms with E-state index in [0.29, 0.717) is 29.6 Å². The van der Waals surface area contributed by atoms with E-state index in [-0.39, 0.29) is 12.5 Å². The number of fused-ring (bicyclic) bond motifs is 1. The number of thiophene rings is 1. The SMILES string of the molecule is Cc1cc(C(=O)NCc2nc(C3CC3)no2)c2cnn(Cc3cccs3)c2n1. The summed E-state index contributed by atoms with van der Waals surface area (Å²) in [7, 11) is 0. The topological polar surface area (TPSA) is 98.7 Å². The molecule has 4 aromatic rings. The third-order valence-corrected chi connectivity index (χ3v) is 5.56. The van der Waals surface area contributed by atoms with Crippen LogP contribution in [0, 0.1) is 6.92 Å². The van der Waals surface area contributed by atoms with E-state index < -0.39 is 0 Å². The van der Waals surface area contributed by atoms with E-state index in [1.54, 1.807) is 23.6 Å². The normalized spacial score (nSPS) is 13.9. The van der Waals surface area contributed by atoms with Gasteiger partial charge in [0, 0.05) is 16.5 Å². The van der Waals surface area contributed by atoms with Gasteiger partial charge in [-0.15, -0.1) is 11.3 Å².